The number of aliphatic hydroxyl groups is 1. The first kappa shape index (κ1) is 17.9. The summed E-state index contributed by atoms with van der Waals surface area (Å²) in [6.45, 7) is 3.63. The van der Waals surface area contributed by atoms with E-state index in [2.05, 4.69) is 15.2 Å². The average Bonchev–Trinajstić information content (AvgIpc) is 3.07. The summed E-state index contributed by atoms with van der Waals surface area (Å²) in [5, 5.41) is 27.9. The third kappa shape index (κ3) is 4.31. The van der Waals surface area contributed by atoms with Gasteiger partial charge in [0.25, 0.3) is 0 Å². The van der Waals surface area contributed by atoms with Gasteiger partial charge >= 0.3 is 5.00 Å². The fraction of sp³-hybridized carbons (Fsp3) is 0.357. The highest BCUT2D eigenvalue weighted by Crippen LogP contribution is 2.30. The number of nitrogens with two attached hydrogens (primary N) is 1. The monoisotopic (exact) mass is 350 g/mol. The molecule has 0 amide bonds. The Morgan fingerprint density at radius 2 is 2.25 bits per heavy atom. The van der Waals surface area contributed by atoms with Gasteiger partial charge in [-0.2, -0.15) is 0 Å². The van der Waals surface area contributed by atoms with Gasteiger partial charge in [0.05, 0.1) is 17.2 Å². The second-order valence-electron chi connectivity index (χ2n) is 4.76. The van der Waals surface area contributed by atoms with Crippen LogP contribution in [0, 0.1) is 10.1 Å². The molecule has 0 saturated carbocycles. The molecule has 0 spiro atoms. The predicted octanol–water partition coefficient (Wildman–Crippen LogP) is 2.74. The Morgan fingerprint density at radius 1 is 1.46 bits per heavy atom. The predicted molar refractivity (Wildman–Crippen MR) is 92.3 cm³/mol. The zero-order valence-electron chi connectivity index (χ0n) is 13.1. The van der Waals surface area contributed by atoms with Crippen LogP contribution in [0.3, 0.4) is 0 Å². The molecule has 3 N–H and O–H groups in total. The summed E-state index contributed by atoms with van der Waals surface area (Å²) in [5.74, 6) is 0. The van der Waals surface area contributed by atoms with Crippen molar-refractivity contribution in [3.05, 3.63) is 40.1 Å². The van der Waals surface area contributed by atoms with Crippen molar-refractivity contribution in [3.63, 3.8) is 0 Å². The fourth-order valence-corrected chi connectivity index (χ4v) is 2.66. The van der Waals surface area contributed by atoms with E-state index >= 15 is 0 Å². The van der Waals surface area contributed by atoms with E-state index in [4.69, 9.17) is 10.8 Å². The van der Waals surface area contributed by atoms with Crippen molar-refractivity contribution >= 4 is 32.8 Å². The number of aliphatic hydroxyl groups excluding tert-OH is 1. The first-order valence-electron chi connectivity index (χ1n) is 7.29. The largest absolute Gasteiger partial charge is 0.395 e. The summed E-state index contributed by atoms with van der Waals surface area (Å²) >= 11 is 0.854. The normalized spacial score (nSPS) is 11.1. The van der Waals surface area contributed by atoms with Crippen LogP contribution in [0.5, 0.6) is 0 Å². The van der Waals surface area contributed by atoms with Gasteiger partial charge in [0.15, 0.2) is 0 Å². The lowest BCUT2D eigenvalue weighted by Gasteiger charge is -2.22. The number of anilines is 1. The van der Waals surface area contributed by atoms with Crippen LogP contribution in [0.25, 0.3) is 0 Å². The molecule has 10 heteroatoms. The van der Waals surface area contributed by atoms with Gasteiger partial charge in [0.2, 0.25) is 5.13 Å². The molecule has 1 aromatic heterocycles. The zero-order chi connectivity index (χ0) is 17.5. The second kappa shape index (κ2) is 8.43. The van der Waals surface area contributed by atoms with Crippen LogP contribution in [0.15, 0.2) is 34.6 Å². The van der Waals surface area contributed by atoms with Gasteiger partial charge in [-0.1, -0.05) is 0 Å². The van der Waals surface area contributed by atoms with E-state index in [1.54, 1.807) is 6.07 Å². The molecule has 24 heavy (non-hydrogen) atoms. The van der Waals surface area contributed by atoms with Gasteiger partial charge in [-0.3, -0.25) is 10.1 Å². The summed E-state index contributed by atoms with van der Waals surface area (Å²) in [6.07, 6.45) is 1.15. The number of nitro groups is 1. The van der Waals surface area contributed by atoms with Crippen LogP contribution in [-0.2, 0) is 6.54 Å². The molecular formula is C14H18N6O3S. The van der Waals surface area contributed by atoms with Crippen LogP contribution in [0.2, 0.25) is 0 Å². The quantitative estimate of drug-likeness (QED) is 0.427. The molecule has 128 valence electrons. The molecule has 0 atom stereocenters. The molecule has 0 bridgehead atoms. The molecule has 0 fully saturated rings. The number of nitrogens with zero attached hydrogens (tertiary/aromatic N) is 5. The molecule has 0 saturated heterocycles. The smallest absolute Gasteiger partial charge is 0.345 e. The van der Waals surface area contributed by atoms with Crippen LogP contribution in [0.4, 0.5) is 21.5 Å². The van der Waals surface area contributed by atoms with Gasteiger partial charge in [0, 0.05) is 25.3 Å². The molecular weight excluding hydrogens is 332 g/mol. The number of rotatable bonds is 8. The van der Waals surface area contributed by atoms with E-state index in [0.717, 1.165) is 35.3 Å². The number of benzene rings is 1. The third-order valence-electron chi connectivity index (χ3n) is 3.30. The third-order valence-corrected chi connectivity index (χ3v) is 4.14. The lowest BCUT2D eigenvalue weighted by Crippen LogP contribution is -2.26. The molecule has 1 heterocycles. The van der Waals surface area contributed by atoms with Crippen molar-refractivity contribution in [3.8, 4) is 0 Å². The average molecular weight is 350 g/mol. The lowest BCUT2D eigenvalue weighted by molar-refractivity contribution is -0.380. The number of thiazole rings is 1. The Kier molecular flexibility index (Phi) is 6.29. The number of hydrogen-bond acceptors (Lipinski definition) is 9. The first-order chi connectivity index (χ1) is 11.6. The molecule has 0 unspecified atom stereocenters. The SMILES string of the molecule is CCN(CCO)c1ccc(N=Nc2ncc([N+](=O)[O-])s2)c(CN)c1. The Morgan fingerprint density at radius 3 is 2.83 bits per heavy atom. The summed E-state index contributed by atoms with van der Waals surface area (Å²) in [6, 6.07) is 5.55. The molecule has 0 aliphatic carbocycles. The molecule has 9 nitrogen and oxygen atoms in total. The summed E-state index contributed by atoms with van der Waals surface area (Å²) in [5.41, 5.74) is 8.09. The van der Waals surface area contributed by atoms with E-state index < -0.39 is 4.92 Å². The topological polar surface area (TPSA) is 130 Å². The van der Waals surface area contributed by atoms with E-state index in [1.165, 1.54) is 0 Å². The van der Waals surface area contributed by atoms with Crippen molar-refractivity contribution in [1.82, 2.24) is 4.98 Å². The highest BCUT2D eigenvalue weighted by Gasteiger charge is 2.11. The first-order valence-corrected chi connectivity index (χ1v) is 8.11. The van der Waals surface area contributed by atoms with Gasteiger partial charge < -0.3 is 15.7 Å². The maximum Gasteiger partial charge on any atom is 0.345 e. The minimum absolute atomic E-state index is 0.0656. The number of aromatic nitrogens is 1. The second-order valence-corrected chi connectivity index (χ2v) is 5.75. The summed E-state index contributed by atoms with van der Waals surface area (Å²) in [4.78, 5) is 16.0. The molecule has 0 aliphatic heterocycles. The van der Waals surface area contributed by atoms with Gasteiger partial charge in [-0.15, -0.1) is 10.2 Å². The van der Waals surface area contributed by atoms with Gasteiger partial charge in [0.1, 0.15) is 6.20 Å². The van der Waals surface area contributed by atoms with Crippen molar-refractivity contribution in [2.24, 2.45) is 16.0 Å². The minimum Gasteiger partial charge on any atom is -0.395 e. The van der Waals surface area contributed by atoms with Crippen LogP contribution in [-0.4, -0.2) is 34.7 Å². The van der Waals surface area contributed by atoms with Crippen LogP contribution < -0.4 is 10.6 Å². The van der Waals surface area contributed by atoms with Gasteiger partial charge in [-0.05, 0) is 42.0 Å². The maximum atomic E-state index is 10.6. The minimum atomic E-state index is -0.517. The molecule has 2 rings (SSSR count). The van der Waals surface area contributed by atoms with Crippen molar-refractivity contribution in [2.75, 3.05) is 24.6 Å². The zero-order valence-corrected chi connectivity index (χ0v) is 13.9. The number of likely N-dealkylation sites (N-methyl/N-ethyl adjacent to an activating group) is 1. The van der Waals surface area contributed by atoms with Crippen molar-refractivity contribution < 1.29 is 10.0 Å². The Hall–Kier alpha value is -2.43. The fourth-order valence-electron chi connectivity index (χ4n) is 2.10. The van der Waals surface area contributed by atoms with E-state index in [9.17, 15) is 10.1 Å². The van der Waals surface area contributed by atoms with E-state index in [1.807, 2.05) is 24.0 Å². The molecule has 0 radical (unpaired) electrons. The molecule has 1 aromatic carbocycles. The van der Waals surface area contributed by atoms with Crippen molar-refractivity contribution in [2.45, 2.75) is 13.5 Å². The maximum absolute atomic E-state index is 10.6. The molecule has 0 aliphatic rings. The van der Waals surface area contributed by atoms with E-state index in [-0.39, 0.29) is 23.3 Å². The highest BCUT2D eigenvalue weighted by molar-refractivity contribution is 7.18. The Labute approximate surface area is 142 Å². The van der Waals surface area contributed by atoms with Crippen LogP contribution in [0.1, 0.15) is 12.5 Å². The summed E-state index contributed by atoms with van der Waals surface area (Å²) in [7, 11) is 0. The summed E-state index contributed by atoms with van der Waals surface area (Å²) < 4.78 is 0. The molecule has 2 aromatic rings. The van der Waals surface area contributed by atoms with Crippen molar-refractivity contribution in [1.29, 1.82) is 0 Å². The number of azo groups is 1. The highest BCUT2D eigenvalue weighted by atomic mass is 32.1. The lowest BCUT2D eigenvalue weighted by atomic mass is 10.1. The number of hydrogen-bond donors (Lipinski definition) is 2. The Bertz CT molecular complexity index is 733. The van der Waals surface area contributed by atoms with Gasteiger partial charge in [-0.25, -0.2) is 4.98 Å². The standard InChI is InChI=1S/C14H18N6O3S/c1-2-19(5-6-21)11-3-4-12(10(7-11)8-15)17-18-14-16-9-13(24-14)20(22)23/h3-4,7,9,21H,2,5-6,8,15H2,1H3. The van der Waals surface area contributed by atoms with E-state index in [0.29, 0.717) is 12.2 Å². The van der Waals surface area contributed by atoms with Crippen LogP contribution >= 0.6 is 11.3 Å². The Balaban J connectivity index is 2.23.